The first-order valence-corrected chi connectivity index (χ1v) is 5.84. The molecule has 0 aliphatic heterocycles. The van der Waals surface area contributed by atoms with E-state index in [0.29, 0.717) is 0 Å². The molecule has 0 fully saturated rings. The quantitative estimate of drug-likeness (QED) is 0.609. The van der Waals surface area contributed by atoms with Crippen molar-refractivity contribution in [1.29, 1.82) is 0 Å². The van der Waals surface area contributed by atoms with Gasteiger partial charge in [-0.15, -0.1) is 0 Å². The molecule has 0 bridgehead atoms. The third-order valence-corrected chi connectivity index (χ3v) is 2.70. The third kappa shape index (κ3) is 3.37. The van der Waals surface area contributed by atoms with Crippen LogP contribution in [0.4, 0.5) is 4.79 Å². The Morgan fingerprint density at radius 1 is 1.35 bits per heavy atom. The lowest BCUT2D eigenvalue weighted by Gasteiger charge is -2.12. The Morgan fingerprint density at radius 2 is 2.06 bits per heavy atom. The van der Waals surface area contributed by atoms with Gasteiger partial charge < -0.3 is 14.9 Å². The highest BCUT2D eigenvalue weighted by Crippen LogP contribution is 2.34. The number of unbranched alkanes of at least 4 members (excludes halogenated alkanes) is 1. The van der Waals surface area contributed by atoms with Crippen molar-refractivity contribution in [2.24, 2.45) is 0 Å². The van der Waals surface area contributed by atoms with Gasteiger partial charge in [-0.3, -0.25) is 0 Å². The molecule has 0 saturated heterocycles. The number of phenolic OH excluding ortho intramolecular Hbond substituents is 1. The van der Waals surface area contributed by atoms with Gasteiger partial charge >= 0.3 is 6.16 Å². The SMILES string of the molecule is CCCCc1c(CC)ccc(OC(=O)O)c1O. The van der Waals surface area contributed by atoms with Gasteiger partial charge in [0.15, 0.2) is 11.5 Å². The maximum Gasteiger partial charge on any atom is 0.511 e. The van der Waals surface area contributed by atoms with Crippen molar-refractivity contribution < 1.29 is 19.7 Å². The van der Waals surface area contributed by atoms with Crippen LogP contribution >= 0.6 is 0 Å². The molecule has 0 aliphatic carbocycles. The zero-order valence-corrected chi connectivity index (χ0v) is 10.2. The van der Waals surface area contributed by atoms with Crippen molar-refractivity contribution in [3.8, 4) is 11.5 Å². The summed E-state index contributed by atoms with van der Waals surface area (Å²) in [5, 5.41) is 18.5. The van der Waals surface area contributed by atoms with Gasteiger partial charge in [0, 0.05) is 5.56 Å². The number of carboxylic acid groups (broad SMARTS) is 1. The number of benzene rings is 1. The minimum atomic E-state index is -1.41. The van der Waals surface area contributed by atoms with Crippen LogP contribution in [0.5, 0.6) is 11.5 Å². The Hall–Kier alpha value is -1.71. The Balaban J connectivity index is 3.07. The Kier molecular flexibility index (Phi) is 4.82. The summed E-state index contributed by atoms with van der Waals surface area (Å²) in [6, 6.07) is 3.31. The van der Waals surface area contributed by atoms with E-state index < -0.39 is 6.16 Å². The molecule has 1 aromatic rings. The van der Waals surface area contributed by atoms with Crippen molar-refractivity contribution in [3.05, 3.63) is 23.3 Å². The van der Waals surface area contributed by atoms with Gasteiger partial charge in [0.25, 0.3) is 0 Å². The van der Waals surface area contributed by atoms with E-state index in [2.05, 4.69) is 11.7 Å². The van der Waals surface area contributed by atoms with E-state index >= 15 is 0 Å². The molecular formula is C13H18O4. The predicted molar refractivity (Wildman–Crippen MR) is 64.7 cm³/mol. The van der Waals surface area contributed by atoms with Gasteiger partial charge in [-0.1, -0.05) is 26.3 Å². The zero-order chi connectivity index (χ0) is 12.8. The minimum absolute atomic E-state index is 0.0146. The topological polar surface area (TPSA) is 66.8 Å². The first-order valence-electron chi connectivity index (χ1n) is 5.84. The van der Waals surface area contributed by atoms with E-state index in [4.69, 9.17) is 5.11 Å². The average molecular weight is 238 g/mol. The Morgan fingerprint density at radius 3 is 2.59 bits per heavy atom. The lowest BCUT2D eigenvalue weighted by atomic mass is 9.98. The Labute approximate surface area is 101 Å². The Bertz CT molecular complexity index is 399. The van der Waals surface area contributed by atoms with Crippen LogP contribution in [0.15, 0.2) is 12.1 Å². The monoisotopic (exact) mass is 238 g/mol. The number of hydrogen-bond acceptors (Lipinski definition) is 3. The van der Waals surface area contributed by atoms with Gasteiger partial charge in [0.1, 0.15) is 0 Å². The van der Waals surface area contributed by atoms with Crippen LogP contribution in [-0.2, 0) is 12.8 Å². The molecule has 0 aliphatic rings. The molecule has 4 heteroatoms. The molecular weight excluding hydrogens is 220 g/mol. The lowest BCUT2D eigenvalue weighted by Crippen LogP contribution is -2.05. The minimum Gasteiger partial charge on any atom is -0.504 e. The zero-order valence-electron chi connectivity index (χ0n) is 10.2. The maximum absolute atomic E-state index is 10.5. The molecule has 0 radical (unpaired) electrons. The number of rotatable bonds is 5. The molecule has 0 unspecified atom stereocenters. The fourth-order valence-corrected chi connectivity index (χ4v) is 1.80. The average Bonchev–Trinajstić information content (AvgIpc) is 2.29. The number of aryl methyl sites for hydroxylation is 1. The van der Waals surface area contributed by atoms with Crippen molar-refractivity contribution in [1.82, 2.24) is 0 Å². The van der Waals surface area contributed by atoms with Crippen molar-refractivity contribution in [2.45, 2.75) is 39.5 Å². The number of aromatic hydroxyl groups is 1. The summed E-state index contributed by atoms with van der Waals surface area (Å²) < 4.78 is 4.53. The number of phenols is 1. The highest BCUT2D eigenvalue weighted by Gasteiger charge is 2.14. The molecule has 4 nitrogen and oxygen atoms in total. The molecule has 0 spiro atoms. The molecule has 1 aromatic carbocycles. The highest BCUT2D eigenvalue weighted by molar-refractivity contribution is 5.64. The second kappa shape index (κ2) is 6.13. The largest absolute Gasteiger partial charge is 0.511 e. The van der Waals surface area contributed by atoms with E-state index in [9.17, 15) is 9.90 Å². The summed E-state index contributed by atoms with van der Waals surface area (Å²) in [5.74, 6) is -0.0268. The third-order valence-electron chi connectivity index (χ3n) is 2.70. The fraction of sp³-hybridized carbons (Fsp3) is 0.462. The van der Waals surface area contributed by atoms with Crippen LogP contribution in [0.1, 0.15) is 37.8 Å². The summed E-state index contributed by atoms with van der Waals surface area (Å²) in [6.07, 6.45) is 2.11. The number of carbonyl (C=O) groups is 1. The predicted octanol–water partition coefficient (Wildman–Crippen LogP) is 3.35. The van der Waals surface area contributed by atoms with Gasteiger partial charge in [-0.2, -0.15) is 0 Å². The molecule has 0 amide bonds. The summed E-state index contributed by atoms with van der Waals surface area (Å²) >= 11 is 0. The van der Waals surface area contributed by atoms with Gasteiger partial charge in [0.2, 0.25) is 0 Å². The van der Waals surface area contributed by atoms with E-state index in [0.717, 1.165) is 36.8 Å². The van der Waals surface area contributed by atoms with E-state index in [1.54, 1.807) is 0 Å². The molecule has 1 rings (SSSR count). The van der Waals surface area contributed by atoms with Gasteiger partial charge in [-0.05, 0) is 30.9 Å². The molecule has 0 heterocycles. The van der Waals surface area contributed by atoms with Crippen LogP contribution in [0.2, 0.25) is 0 Å². The van der Waals surface area contributed by atoms with Crippen LogP contribution < -0.4 is 4.74 Å². The van der Waals surface area contributed by atoms with Gasteiger partial charge in [0.05, 0.1) is 0 Å². The molecule has 0 saturated carbocycles. The van der Waals surface area contributed by atoms with E-state index in [-0.39, 0.29) is 11.5 Å². The van der Waals surface area contributed by atoms with Gasteiger partial charge in [-0.25, -0.2) is 4.79 Å². The molecule has 2 N–H and O–H groups in total. The van der Waals surface area contributed by atoms with Crippen LogP contribution in [-0.4, -0.2) is 16.4 Å². The standard InChI is InChI=1S/C13H18O4/c1-3-5-6-10-9(4-2)7-8-11(12(10)14)17-13(15)16/h7-8,14H,3-6H2,1-2H3,(H,15,16). The summed E-state index contributed by atoms with van der Waals surface area (Å²) in [4.78, 5) is 10.5. The van der Waals surface area contributed by atoms with Crippen LogP contribution in [0.25, 0.3) is 0 Å². The summed E-state index contributed by atoms with van der Waals surface area (Å²) in [7, 11) is 0. The maximum atomic E-state index is 10.5. The second-order valence-corrected chi connectivity index (χ2v) is 3.88. The van der Waals surface area contributed by atoms with Crippen LogP contribution in [0, 0.1) is 0 Å². The first kappa shape index (κ1) is 13.4. The fourth-order valence-electron chi connectivity index (χ4n) is 1.80. The molecule has 17 heavy (non-hydrogen) atoms. The van der Waals surface area contributed by atoms with Crippen molar-refractivity contribution >= 4 is 6.16 Å². The lowest BCUT2D eigenvalue weighted by molar-refractivity contribution is 0.143. The van der Waals surface area contributed by atoms with Crippen LogP contribution in [0.3, 0.4) is 0 Å². The number of ether oxygens (including phenoxy) is 1. The van der Waals surface area contributed by atoms with E-state index in [1.807, 2.05) is 13.0 Å². The molecule has 0 aromatic heterocycles. The number of hydrogen-bond donors (Lipinski definition) is 2. The van der Waals surface area contributed by atoms with Crippen molar-refractivity contribution in [3.63, 3.8) is 0 Å². The smallest absolute Gasteiger partial charge is 0.504 e. The normalized spacial score (nSPS) is 10.2. The highest BCUT2D eigenvalue weighted by atomic mass is 16.7. The first-order chi connectivity index (χ1) is 8.10. The molecule has 0 atom stereocenters. The van der Waals surface area contributed by atoms with Crippen molar-refractivity contribution in [2.75, 3.05) is 0 Å². The second-order valence-electron chi connectivity index (χ2n) is 3.88. The summed E-state index contributed by atoms with van der Waals surface area (Å²) in [6.45, 7) is 4.07. The van der Waals surface area contributed by atoms with E-state index in [1.165, 1.54) is 6.07 Å². The summed E-state index contributed by atoms with van der Waals surface area (Å²) in [5.41, 5.74) is 1.83. The molecule has 94 valence electrons.